The molecule has 1 aromatic heterocycles. The first-order chi connectivity index (χ1) is 15.2. The number of hydrogen-bond acceptors (Lipinski definition) is 4. The molecule has 0 spiro atoms. The van der Waals surface area contributed by atoms with Gasteiger partial charge in [0.05, 0.1) is 5.69 Å². The van der Waals surface area contributed by atoms with E-state index in [1.165, 1.54) is 17.0 Å². The molecule has 1 heterocycles. The van der Waals surface area contributed by atoms with Gasteiger partial charge in [0.15, 0.2) is 5.82 Å². The summed E-state index contributed by atoms with van der Waals surface area (Å²) < 4.78 is 18.9. The third-order valence-electron chi connectivity index (χ3n) is 4.62. The minimum Gasteiger partial charge on any atom is -0.457 e. The van der Waals surface area contributed by atoms with Crippen LogP contribution in [0.4, 0.5) is 21.6 Å². The Bertz CT molecular complexity index is 1130. The highest BCUT2D eigenvalue weighted by atomic mass is 19.1. The first-order valence-electron chi connectivity index (χ1n) is 9.74. The van der Waals surface area contributed by atoms with Crippen molar-refractivity contribution < 1.29 is 13.9 Å². The average Bonchev–Trinajstić information content (AvgIpc) is 2.82. The van der Waals surface area contributed by atoms with Gasteiger partial charge in [0, 0.05) is 18.4 Å². The Morgan fingerprint density at radius 2 is 1.58 bits per heavy atom. The van der Waals surface area contributed by atoms with Crippen molar-refractivity contribution in [3.8, 4) is 11.5 Å². The standard InChI is InChI=1S/C25H20FN3O2/c26-20-10-8-19(9-11-20)17-28-25-24(7-4-16-27-25)29(18-30)21-12-14-23(15-13-21)31-22-5-2-1-3-6-22/h1-16,18H,17H2,(H,27,28). The molecule has 0 aliphatic carbocycles. The van der Waals surface area contributed by atoms with Crippen molar-refractivity contribution in [2.75, 3.05) is 10.2 Å². The molecule has 4 aromatic rings. The number of benzene rings is 3. The van der Waals surface area contributed by atoms with Crippen LogP contribution < -0.4 is 15.0 Å². The van der Waals surface area contributed by atoms with Gasteiger partial charge in [-0.2, -0.15) is 0 Å². The number of amides is 1. The molecule has 31 heavy (non-hydrogen) atoms. The zero-order valence-corrected chi connectivity index (χ0v) is 16.6. The largest absolute Gasteiger partial charge is 0.457 e. The van der Waals surface area contributed by atoms with Crippen molar-refractivity contribution >= 4 is 23.6 Å². The molecule has 1 N–H and O–H groups in total. The molecule has 0 saturated heterocycles. The number of halogens is 1. The minimum absolute atomic E-state index is 0.283. The summed E-state index contributed by atoms with van der Waals surface area (Å²) in [6, 6.07) is 26.5. The van der Waals surface area contributed by atoms with E-state index in [-0.39, 0.29) is 5.82 Å². The highest BCUT2D eigenvalue weighted by molar-refractivity contribution is 5.90. The summed E-state index contributed by atoms with van der Waals surface area (Å²) in [5.74, 6) is 1.67. The number of ether oxygens (including phenoxy) is 1. The van der Waals surface area contributed by atoms with E-state index >= 15 is 0 Å². The summed E-state index contributed by atoms with van der Waals surface area (Å²) in [5, 5.41) is 3.22. The predicted molar refractivity (Wildman–Crippen MR) is 119 cm³/mol. The van der Waals surface area contributed by atoms with Crippen LogP contribution in [0.5, 0.6) is 11.5 Å². The summed E-state index contributed by atoms with van der Waals surface area (Å²) in [4.78, 5) is 17.8. The molecule has 5 nitrogen and oxygen atoms in total. The number of carbonyl (C=O) groups is 1. The Morgan fingerprint density at radius 1 is 0.871 bits per heavy atom. The quantitative estimate of drug-likeness (QED) is 0.364. The summed E-state index contributed by atoms with van der Waals surface area (Å²) in [5.41, 5.74) is 2.18. The van der Waals surface area contributed by atoms with E-state index < -0.39 is 0 Å². The van der Waals surface area contributed by atoms with Gasteiger partial charge < -0.3 is 10.1 Å². The topological polar surface area (TPSA) is 54.5 Å². The van der Waals surface area contributed by atoms with Gasteiger partial charge in [0.25, 0.3) is 0 Å². The Balaban J connectivity index is 1.52. The molecule has 0 bridgehead atoms. The molecular weight excluding hydrogens is 393 g/mol. The van der Waals surface area contributed by atoms with Crippen LogP contribution >= 0.6 is 0 Å². The second-order valence-corrected chi connectivity index (χ2v) is 6.74. The van der Waals surface area contributed by atoms with E-state index in [0.29, 0.717) is 29.5 Å². The molecule has 3 aromatic carbocycles. The SMILES string of the molecule is O=CN(c1ccc(Oc2ccccc2)cc1)c1cccnc1NCc1ccc(F)cc1. The van der Waals surface area contributed by atoms with E-state index in [4.69, 9.17) is 4.74 Å². The minimum atomic E-state index is -0.283. The number of para-hydroxylation sites is 1. The van der Waals surface area contributed by atoms with Crippen LogP contribution in [-0.2, 0) is 11.3 Å². The number of carbonyl (C=O) groups excluding carboxylic acids is 1. The maximum Gasteiger partial charge on any atom is 0.218 e. The fourth-order valence-electron chi connectivity index (χ4n) is 3.07. The zero-order valence-electron chi connectivity index (χ0n) is 16.6. The van der Waals surface area contributed by atoms with Gasteiger partial charge >= 0.3 is 0 Å². The fourth-order valence-corrected chi connectivity index (χ4v) is 3.07. The van der Waals surface area contributed by atoms with E-state index in [0.717, 1.165) is 17.7 Å². The van der Waals surface area contributed by atoms with Crippen LogP contribution in [0.25, 0.3) is 0 Å². The monoisotopic (exact) mass is 413 g/mol. The van der Waals surface area contributed by atoms with Crippen molar-refractivity contribution in [1.29, 1.82) is 0 Å². The van der Waals surface area contributed by atoms with Crippen molar-refractivity contribution in [2.24, 2.45) is 0 Å². The predicted octanol–water partition coefficient (Wildman–Crippen LogP) is 5.92. The molecule has 6 heteroatoms. The molecule has 0 aliphatic rings. The maximum absolute atomic E-state index is 13.1. The molecule has 0 fully saturated rings. The lowest BCUT2D eigenvalue weighted by Crippen LogP contribution is -2.17. The van der Waals surface area contributed by atoms with Crippen LogP contribution in [0, 0.1) is 5.82 Å². The van der Waals surface area contributed by atoms with Gasteiger partial charge in [-0.05, 0) is 66.2 Å². The Labute approximate surface area is 179 Å². The molecule has 0 atom stereocenters. The van der Waals surface area contributed by atoms with Gasteiger partial charge in [0.2, 0.25) is 6.41 Å². The first-order valence-corrected chi connectivity index (χ1v) is 9.74. The summed E-state index contributed by atoms with van der Waals surface area (Å²) >= 11 is 0. The lowest BCUT2D eigenvalue weighted by molar-refractivity contribution is -0.106. The molecule has 0 unspecified atom stereocenters. The van der Waals surface area contributed by atoms with Gasteiger partial charge in [0.1, 0.15) is 17.3 Å². The van der Waals surface area contributed by atoms with Crippen LogP contribution in [0.3, 0.4) is 0 Å². The molecule has 0 aliphatic heterocycles. The third-order valence-corrected chi connectivity index (χ3v) is 4.62. The zero-order chi connectivity index (χ0) is 21.5. The summed E-state index contributed by atoms with van der Waals surface area (Å²) in [6.07, 6.45) is 2.39. The van der Waals surface area contributed by atoms with Crippen LogP contribution in [0.2, 0.25) is 0 Å². The molecule has 154 valence electrons. The second-order valence-electron chi connectivity index (χ2n) is 6.74. The van der Waals surface area contributed by atoms with E-state index in [9.17, 15) is 9.18 Å². The fraction of sp³-hybridized carbons (Fsp3) is 0.0400. The number of anilines is 3. The van der Waals surface area contributed by atoms with E-state index in [2.05, 4.69) is 10.3 Å². The van der Waals surface area contributed by atoms with Crippen molar-refractivity contribution in [1.82, 2.24) is 4.98 Å². The second kappa shape index (κ2) is 9.54. The lowest BCUT2D eigenvalue weighted by Gasteiger charge is -2.21. The van der Waals surface area contributed by atoms with Gasteiger partial charge in [-0.15, -0.1) is 0 Å². The molecule has 0 saturated carbocycles. The maximum atomic E-state index is 13.1. The number of rotatable bonds is 8. The van der Waals surface area contributed by atoms with Crippen molar-refractivity contribution in [3.63, 3.8) is 0 Å². The summed E-state index contributed by atoms with van der Waals surface area (Å²) in [6.45, 7) is 0.445. The highest BCUT2D eigenvalue weighted by Crippen LogP contribution is 2.31. The van der Waals surface area contributed by atoms with Crippen LogP contribution in [-0.4, -0.2) is 11.4 Å². The normalized spacial score (nSPS) is 10.4. The summed E-state index contributed by atoms with van der Waals surface area (Å²) in [7, 11) is 0. The lowest BCUT2D eigenvalue weighted by atomic mass is 10.2. The molecular formula is C25H20FN3O2. The van der Waals surface area contributed by atoms with Gasteiger partial charge in [-0.1, -0.05) is 30.3 Å². The van der Waals surface area contributed by atoms with E-state index in [1.807, 2.05) is 48.5 Å². The van der Waals surface area contributed by atoms with E-state index in [1.54, 1.807) is 36.5 Å². The number of pyridine rings is 1. The van der Waals surface area contributed by atoms with Crippen LogP contribution in [0.1, 0.15) is 5.56 Å². The van der Waals surface area contributed by atoms with Gasteiger partial charge in [-0.3, -0.25) is 9.69 Å². The Kier molecular flexibility index (Phi) is 6.18. The number of nitrogens with one attached hydrogen (secondary N) is 1. The average molecular weight is 413 g/mol. The third kappa shape index (κ3) is 5.05. The Morgan fingerprint density at radius 3 is 2.29 bits per heavy atom. The Hall–Kier alpha value is -4.19. The molecule has 4 rings (SSSR count). The highest BCUT2D eigenvalue weighted by Gasteiger charge is 2.14. The van der Waals surface area contributed by atoms with Crippen molar-refractivity contribution in [2.45, 2.75) is 6.54 Å². The molecule has 0 radical (unpaired) electrons. The number of hydrogen-bond donors (Lipinski definition) is 1. The number of nitrogens with zero attached hydrogens (tertiary/aromatic N) is 2. The van der Waals surface area contributed by atoms with Crippen LogP contribution in [0.15, 0.2) is 97.2 Å². The van der Waals surface area contributed by atoms with Gasteiger partial charge in [-0.25, -0.2) is 9.37 Å². The smallest absolute Gasteiger partial charge is 0.218 e. The van der Waals surface area contributed by atoms with Crippen molar-refractivity contribution in [3.05, 3.63) is 109 Å². The first kappa shape index (κ1) is 20.1. The molecule has 1 amide bonds. The number of aromatic nitrogens is 1.